The fourth-order valence-corrected chi connectivity index (χ4v) is 1.76. The first-order valence-corrected chi connectivity index (χ1v) is 5.84. The SMILES string of the molecule is Cc1cc(C(=O)NCCC2OCCO2)[nH]c1C. The molecule has 0 radical (unpaired) electrons. The topological polar surface area (TPSA) is 63.4 Å². The van der Waals surface area contributed by atoms with Gasteiger partial charge in [-0.15, -0.1) is 0 Å². The summed E-state index contributed by atoms with van der Waals surface area (Å²) in [6.07, 6.45) is 0.521. The maximum absolute atomic E-state index is 11.8. The van der Waals surface area contributed by atoms with Crippen LogP contribution in [0.25, 0.3) is 0 Å². The molecule has 5 nitrogen and oxygen atoms in total. The van der Waals surface area contributed by atoms with Crippen molar-refractivity contribution in [1.82, 2.24) is 10.3 Å². The Morgan fingerprint density at radius 2 is 2.18 bits per heavy atom. The number of aromatic amines is 1. The molecule has 0 unspecified atom stereocenters. The first-order chi connectivity index (χ1) is 8.16. The summed E-state index contributed by atoms with van der Waals surface area (Å²) in [5.41, 5.74) is 2.73. The molecule has 2 heterocycles. The maximum atomic E-state index is 11.8. The fourth-order valence-electron chi connectivity index (χ4n) is 1.76. The van der Waals surface area contributed by atoms with Gasteiger partial charge in [0.2, 0.25) is 0 Å². The predicted octanol–water partition coefficient (Wildman–Crippen LogP) is 1.12. The van der Waals surface area contributed by atoms with Gasteiger partial charge in [-0.3, -0.25) is 4.79 Å². The second-order valence-electron chi connectivity index (χ2n) is 4.21. The van der Waals surface area contributed by atoms with Gasteiger partial charge in [-0.1, -0.05) is 0 Å². The second-order valence-corrected chi connectivity index (χ2v) is 4.21. The van der Waals surface area contributed by atoms with Crippen LogP contribution in [-0.2, 0) is 9.47 Å². The van der Waals surface area contributed by atoms with E-state index in [9.17, 15) is 4.79 Å². The quantitative estimate of drug-likeness (QED) is 0.826. The van der Waals surface area contributed by atoms with Gasteiger partial charge < -0.3 is 19.8 Å². The highest BCUT2D eigenvalue weighted by atomic mass is 16.7. The first kappa shape index (κ1) is 12.1. The van der Waals surface area contributed by atoms with Gasteiger partial charge in [0.1, 0.15) is 5.69 Å². The monoisotopic (exact) mass is 238 g/mol. The molecular weight excluding hydrogens is 220 g/mol. The zero-order valence-electron chi connectivity index (χ0n) is 10.2. The van der Waals surface area contributed by atoms with E-state index in [1.54, 1.807) is 0 Å². The van der Waals surface area contributed by atoms with E-state index in [4.69, 9.17) is 9.47 Å². The molecule has 0 bridgehead atoms. The number of aromatic nitrogens is 1. The lowest BCUT2D eigenvalue weighted by molar-refractivity contribution is -0.0455. The largest absolute Gasteiger partial charge is 0.354 e. The molecule has 0 atom stereocenters. The molecule has 1 aliphatic rings. The first-order valence-electron chi connectivity index (χ1n) is 5.84. The number of hydrogen-bond acceptors (Lipinski definition) is 3. The number of nitrogens with one attached hydrogen (secondary N) is 2. The number of H-pyrrole nitrogens is 1. The summed E-state index contributed by atoms with van der Waals surface area (Å²) in [7, 11) is 0. The maximum Gasteiger partial charge on any atom is 0.267 e. The molecule has 0 aliphatic carbocycles. The number of rotatable bonds is 4. The van der Waals surface area contributed by atoms with Gasteiger partial charge in [-0.25, -0.2) is 0 Å². The molecule has 1 fully saturated rings. The van der Waals surface area contributed by atoms with Crippen LogP contribution in [0.1, 0.15) is 28.2 Å². The van der Waals surface area contributed by atoms with Crippen molar-refractivity contribution in [3.05, 3.63) is 23.0 Å². The minimum atomic E-state index is -0.164. The molecular formula is C12H18N2O3. The highest BCUT2D eigenvalue weighted by Crippen LogP contribution is 2.09. The standard InChI is InChI=1S/C12H18N2O3/c1-8-7-10(14-9(8)2)12(15)13-4-3-11-16-5-6-17-11/h7,11,14H,3-6H2,1-2H3,(H,13,15). The molecule has 2 N–H and O–H groups in total. The molecule has 2 rings (SSSR count). The van der Waals surface area contributed by atoms with Gasteiger partial charge in [0.25, 0.3) is 5.91 Å². The number of ether oxygens (including phenoxy) is 2. The third-order valence-electron chi connectivity index (χ3n) is 2.88. The van der Waals surface area contributed by atoms with E-state index in [1.165, 1.54) is 0 Å². The summed E-state index contributed by atoms with van der Waals surface area (Å²) in [6.45, 7) is 5.77. The predicted molar refractivity (Wildman–Crippen MR) is 62.9 cm³/mol. The van der Waals surface area contributed by atoms with E-state index in [-0.39, 0.29) is 12.2 Å². The Hall–Kier alpha value is -1.33. The van der Waals surface area contributed by atoms with Gasteiger partial charge in [0, 0.05) is 18.7 Å². The van der Waals surface area contributed by atoms with E-state index >= 15 is 0 Å². The average molecular weight is 238 g/mol. The summed E-state index contributed by atoms with van der Waals surface area (Å²) in [5, 5.41) is 2.84. The molecule has 1 aliphatic heterocycles. The van der Waals surface area contributed by atoms with Crippen LogP contribution in [-0.4, -0.2) is 36.9 Å². The molecule has 1 amide bonds. The van der Waals surface area contributed by atoms with Crippen LogP contribution in [0.5, 0.6) is 0 Å². The zero-order chi connectivity index (χ0) is 12.3. The molecule has 0 aromatic carbocycles. The van der Waals surface area contributed by atoms with Crippen molar-refractivity contribution < 1.29 is 14.3 Å². The van der Waals surface area contributed by atoms with Crippen LogP contribution in [0.3, 0.4) is 0 Å². The summed E-state index contributed by atoms with van der Waals surface area (Å²) < 4.78 is 10.6. The minimum absolute atomic E-state index is 0.0841. The Morgan fingerprint density at radius 1 is 1.47 bits per heavy atom. The van der Waals surface area contributed by atoms with Crippen LogP contribution in [0, 0.1) is 13.8 Å². The summed E-state index contributed by atoms with van der Waals surface area (Å²) in [6, 6.07) is 1.85. The number of amides is 1. The third-order valence-corrected chi connectivity index (χ3v) is 2.88. The zero-order valence-corrected chi connectivity index (χ0v) is 10.2. The van der Waals surface area contributed by atoms with E-state index in [2.05, 4.69) is 10.3 Å². The van der Waals surface area contributed by atoms with Crippen LogP contribution in [0.4, 0.5) is 0 Å². The van der Waals surface area contributed by atoms with Crippen molar-refractivity contribution >= 4 is 5.91 Å². The Balaban J connectivity index is 1.76. The van der Waals surface area contributed by atoms with Crippen LogP contribution in [0.2, 0.25) is 0 Å². The smallest absolute Gasteiger partial charge is 0.267 e. The Kier molecular flexibility index (Phi) is 3.81. The van der Waals surface area contributed by atoms with Crippen molar-refractivity contribution in [2.24, 2.45) is 0 Å². The van der Waals surface area contributed by atoms with Crippen molar-refractivity contribution in [2.45, 2.75) is 26.6 Å². The Bertz CT molecular complexity index is 375. The van der Waals surface area contributed by atoms with E-state index < -0.39 is 0 Å². The van der Waals surface area contributed by atoms with E-state index in [0.717, 1.165) is 11.3 Å². The fraction of sp³-hybridized carbons (Fsp3) is 0.583. The van der Waals surface area contributed by atoms with Gasteiger partial charge in [0.15, 0.2) is 6.29 Å². The summed E-state index contributed by atoms with van der Waals surface area (Å²) in [5.74, 6) is -0.0841. The third kappa shape index (κ3) is 3.08. The van der Waals surface area contributed by atoms with Gasteiger partial charge in [-0.05, 0) is 25.5 Å². The highest BCUT2D eigenvalue weighted by molar-refractivity contribution is 5.92. The highest BCUT2D eigenvalue weighted by Gasteiger charge is 2.16. The minimum Gasteiger partial charge on any atom is -0.354 e. The molecule has 0 spiro atoms. The number of hydrogen-bond donors (Lipinski definition) is 2. The van der Waals surface area contributed by atoms with Crippen LogP contribution in [0.15, 0.2) is 6.07 Å². The molecule has 0 saturated carbocycles. The lowest BCUT2D eigenvalue weighted by Crippen LogP contribution is -2.27. The summed E-state index contributed by atoms with van der Waals surface area (Å²) >= 11 is 0. The average Bonchev–Trinajstić information content (AvgIpc) is 2.90. The molecule has 17 heavy (non-hydrogen) atoms. The molecule has 1 aromatic rings. The lowest BCUT2D eigenvalue weighted by atomic mass is 10.3. The Labute approximate surface area is 100 Å². The molecule has 1 aromatic heterocycles. The number of carbonyl (C=O) groups is 1. The van der Waals surface area contributed by atoms with Crippen LogP contribution >= 0.6 is 0 Å². The molecule has 5 heteroatoms. The molecule has 1 saturated heterocycles. The Morgan fingerprint density at radius 3 is 2.76 bits per heavy atom. The van der Waals surface area contributed by atoms with Crippen molar-refractivity contribution in [2.75, 3.05) is 19.8 Å². The van der Waals surface area contributed by atoms with Gasteiger partial charge >= 0.3 is 0 Å². The van der Waals surface area contributed by atoms with Crippen molar-refractivity contribution in [3.63, 3.8) is 0 Å². The number of carbonyl (C=O) groups excluding carboxylic acids is 1. The van der Waals surface area contributed by atoms with Crippen molar-refractivity contribution in [1.29, 1.82) is 0 Å². The normalized spacial score (nSPS) is 16.4. The van der Waals surface area contributed by atoms with Gasteiger partial charge in [0.05, 0.1) is 13.2 Å². The molecule has 94 valence electrons. The lowest BCUT2D eigenvalue weighted by Gasteiger charge is -2.09. The number of aryl methyl sites for hydroxylation is 2. The van der Waals surface area contributed by atoms with Gasteiger partial charge in [-0.2, -0.15) is 0 Å². The van der Waals surface area contributed by atoms with E-state index in [1.807, 2.05) is 19.9 Å². The van der Waals surface area contributed by atoms with E-state index in [0.29, 0.717) is 31.9 Å². The van der Waals surface area contributed by atoms with Crippen LogP contribution < -0.4 is 5.32 Å². The summed E-state index contributed by atoms with van der Waals surface area (Å²) in [4.78, 5) is 14.8. The van der Waals surface area contributed by atoms with Crippen molar-refractivity contribution in [3.8, 4) is 0 Å². The second kappa shape index (κ2) is 5.33.